The molecule has 6 heteroatoms. The lowest BCUT2D eigenvalue weighted by Crippen LogP contribution is -2.42. The van der Waals surface area contributed by atoms with Gasteiger partial charge in [0.2, 0.25) is 5.91 Å². The first kappa shape index (κ1) is 17.9. The summed E-state index contributed by atoms with van der Waals surface area (Å²) >= 11 is 0. The van der Waals surface area contributed by atoms with E-state index in [-0.39, 0.29) is 11.8 Å². The first-order valence-corrected chi connectivity index (χ1v) is 9.16. The van der Waals surface area contributed by atoms with Gasteiger partial charge in [0, 0.05) is 50.1 Å². The highest BCUT2D eigenvalue weighted by Gasteiger charge is 2.26. The molecule has 1 aromatic carbocycles. The van der Waals surface area contributed by atoms with Gasteiger partial charge in [-0.1, -0.05) is 0 Å². The van der Waals surface area contributed by atoms with Gasteiger partial charge in [-0.05, 0) is 31.7 Å². The monoisotopic (exact) mass is 347 g/mol. The number of ether oxygens (including phenoxy) is 2. The summed E-state index contributed by atoms with van der Waals surface area (Å²) in [6.07, 6.45) is 3.18. The van der Waals surface area contributed by atoms with Crippen LogP contribution < -0.4 is 25.0 Å². The Bertz CT molecular complexity index is 565. The van der Waals surface area contributed by atoms with Gasteiger partial charge in [-0.3, -0.25) is 4.79 Å². The summed E-state index contributed by atoms with van der Waals surface area (Å²) in [5.41, 5.74) is 1.11. The van der Waals surface area contributed by atoms with Crippen molar-refractivity contribution in [3.8, 4) is 11.5 Å². The minimum atomic E-state index is 0.133. The Labute approximate surface area is 149 Å². The van der Waals surface area contributed by atoms with Gasteiger partial charge < -0.3 is 25.0 Å². The zero-order valence-electron chi connectivity index (χ0n) is 15.2. The minimum absolute atomic E-state index is 0.133. The summed E-state index contributed by atoms with van der Waals surface area (Å²) in [7, 11) is 3.34. The van der Waals surface area contributed by atoms with E-state index < -0.39 is 0 Å². The Morgan fingerprint density at radius 2 is 2.00 bits per heavy atom. The van der Waals surface area contributed by atoms with Gasteiger partial charge in [-0.15, -0.1) is 0 Å². The van der Waals surface area contributed by atoms with Gasteiger partial charge in [0.05, 0.1) is 20.1 Å². The third-order valence-corrected chi connectivity index (χ3v) is 5.22. The van der Waals surface area contributed by atoms with E-state index in [1.807, 2.05) is 18.2 Å². The number of benzene rings is 1. The largest absolute Gasteiger partial charge is 0.497 e. The van der Waals surface area contributed by atoms with Crippen LogP contribution in [-0.2, 0) is 4.79 Å². The Hall–Kier alpha value is -1.95. The number of hydrogen-bond acceptors (Lipinski definition) is 5. The fourth-order valence-corrected chi connectivity index (χ4v) is 3.67. The first-order chi connectivity index (χ1) is 12.2. The Balaban J connectivity index is 1.52. The van der Waals surface area contributed by atoms with E-state index in [9.17, 15) is 4.79 Å². The third kappa shape index (κ3) is 4.57. The molecular weight excluding hydrogens is 318 g/mol. The van der Waals surface area contributed by atoms with Crippen LogP contribution in [0.3, 0.4) is 0 Å². The zero-order valence-corrected chi connectivity index (χ0v) is 15.2. The molecule has 2 N–H and O–H groups in total. The second-order valence-electron chi connectivity index (χ2n) is 6.96. The van der Waals surface area contributed by atoms with Crippen molar-refractivity contribution in [3.63, 3.8) is 0 Å². The molecule has 0 spiro atoms. The van der Waals surface area contributed by atoms with E-state index in [1.54, 1.807) is 14.2 Å². The number of methoxy groups -OCH3 is 2. The predicted molar refractivity (Wildman–Crippen MR) is 98.5 cm³/mol. The molecule has 6 nitrogen and oxygen atoms in total. The average molecular weight is 347 g/mol. The maximum Gasteiger partial charge on any atom is 0.224 e. The highest BCUT2D eigenvalue weighted by molar-refractivity contribution is 5.79. The molecule has 2 unspecified atom stereocenters. The van der Waals surface area contributed by atoms with Crippen molar-refractivity contribution in [2.45, 2.75) is 19.3 Å². The summed E-state index contributed by atoms with van der Waals surface area (Å²) in [6, 6.07) is 5.96. The summed E-state index contributed by atoms with van der Waals surface area (Å²) in [5.74, 6) is 2.42. The van der Waals surface area contributed by atoms with Crippen LogP contribution in [0.25, 0.3) is 0 Å². The third-order valence-electron chi connectivity index (χ3n) is 5.22. The van der Waals surface area contributed by atoms with E-state index >= 15 is 0 Å². The molecule has 0 radical (unpaired) electrons. The van der Waals surface area contributed by atoms with Crippen LogP contribution in [0.2, 0.25) is 0 Å². The van der Waals surface area contributed by atoms with E-state index in [0.29, 0.717) is 5.92 Å². The predicted octanol–water partition coefficient (Wildman–Crippen LogP) is 1.65. The van der Waals surface area contributed by atoms with Crippen LogP contribution in [0.1, 0.15) is 19.3 Å². The number of carbonyl (C=O) groups is 1. The van der Waals surface area contributed by atoms with Gasteiger partial charge in [-0.25, -0.2) is 0 Å². The molecule has 2 saturated heterocycles. The van der Waals surface area contributed by atoms with Crippen LogP contribution in [0.5, 0.6) is 11.5 Å². The molecule has 0 bridgehead atoms. The van der Waals surface area contributed by atoms with Crippen LogP contribution in [0.15, 0.2) is 18.2 Å². The Morgan fingerprint density at radius 1 is 1.24 bits per heavy atom. The second kappa shape index (κ2) is 8.43. The van der Waals surface area contributed by atoms with Crippen LogP contribution in [0, 0.1) is 11.8 Å². The fraction of sp³-hybridized carbons (Fsp3) is 0.632. The first-order valence-electron chi connectivity index (χ1n) is 9.16. The van der Waals surface area contributed by atoms with Crippen LogP contribution in [-0.4, -0.2) is 52.9 Å². The van der Waals surface area contributed by atoms with Crippen molar-refractivity contribution in [1.82, 2.24) is 10.6 Å². The van der Waals surface area contributed by atoms with Gasteiger partial charge in [0.1, 0.15) is 11.5 Å². The van der Waals surface area contributed by atoms with Gasteiger partial charge >= 0.3 is 0 Å². The lowest BCUT2D eigenvalue weighted by Gasteiger charge is -2.23. The lowest BCUT2D eigenvalue weighted by atomic mass is 9.98. The molecule has 3 rings (SSSR count). The lowest BCUT2D eigenvalue weighted by molar-refractivity contribution is -0.125. The number of nitrogens with zero attached hydrogens (tertiary/aromatic N) is 1. The fourth-order valence-electron chi connectivity index (χ4n) is 3.67. The van der Waals surface area contributed by atoms with E-state index in [4.69, 9.17) is 9.47 Å². The van der Waals surface area contributed by atoms with Crippen molar-refractivity contribution in [2.75, 3.05) is 51.8 Å². The molecule has 0 aromatic heterocycles. The summed E-state index contributed by atoms with van der Waals surface area (Å²) in [5, 5.41) is 6.46. The molecule has 0 saturated carbocycles. The van der Waals surface area contributed by atoms with Crippen molar-refractivity contribution in [2.24, 2.45) is 11.8 Å². The number of rotatable bonds is 6. The van der Waals surface area contributed by atoms with Gasteiger partial charge in [-0.2, -0.15) is 0 Å². The number of amides is 1. The highest BCUT2D eigenvalue weighted by Crippen LogP contribution is 2.31. The van der Waals surface area contributed by atoms with Gasteiger partial charge in [0.15, 0.2) is 0 Å². The topological polar surface area (TPSA) is 62.8 Å². The van der Waals surface area contributed by atoms with Crippen molar-refractivity contribution < 1.29 is 14.3 Å². The normalized spacial score (nSPS) is 23.4. The summed E-state index contributed by atoms with van der Waals surface area (Å²) in [6.45, 7) is 4.53. The molecule has 0 aliphatic carbocycles. The van der Waals surface area contributed by atoms with E-state index in [1.165, 1.54) is 0 Å². The number of hydrogen-bond donors (Lipinski definition) is 2. The molecule has 2 aliphatic heterocycles. The summed E-state index contributed by atoms with van der Waals surface area (Å²) in [4.78, 5) is 14.6. The molecule has 25 heavy (non-hydrogen) atoms. The van der Waals surface area contributed by atoms with Crippen molar-refractivity contribution in [3.05, 3.63) is 18.2 Å². The van der Waals surface area contributed by atoms with Gasteiger partial charge in [0.25, 0.3) is 0 Å². The molecule has 138 valence electrons. The molecule has 2 heterocycles. The van der Waals surface area contributed by atoms with Crippen LogP contribution >= 0.6 is 0 Å². The number of carbonyl (C=O) groups excluding carboxylic acids is 1. The SMILES string of the molecule is COc1cc(OC)cc(N2CCC(CNC(=O)C3CCCNC3)C2)c1. The van der Waals surface area contributed by atoms with Crippen molar-refractivity contribution >= 4 is 11.6 Å². The van der Waals surface area contributed by atoms with Crippen LogP contribution in [0.4, 0.5) is 5.69 Å². The molecular formula is C19H29N3O3. The Morgan fingerprint density at radius 3 is 2.64 bits per heavy atom. The van der Waals surface area contributed by atoms with Crippen molar-refractivity contribution in [1.29, 1.82) is 0 Å². The van der Waals surface area contributed by atoms with E-state index in [0.717, 1.165) is 69.2 Å². The second-order valence-corrected chi connectivity index (χ2v) is 6.96. The Kier molecular flexibility index (Phi) is 6.02. The molecule has 2 fully saturated rings. The average Bonchev–Trinajstić information content (AvgIpc) is 3.15. The molecule has 2 atom stereocenters. The molecule has 1 amide bonds. The number of nitrogens with one attached hydrogen (secondary N) is 2. The smallest absolute Gasteiger partial charge is 0.224 e. The standard InChI is InChI=1S/C19H29N3O3/c1-24-17-8-16(9-18(10-17)25-2)22-7-5-14(13-22)11-21-19(23)15-4-3-6-20-12-15/h8-10,14-15,20H,3-7,11-13H2,1-2H3,(H,21,23). The maximum atomic E-state index is 12.3. The maximum absolute atomic E-state index is 12.3. The highest BCUT2D eigenvalue weighted by atomic mass is 16.5. The molecule has 2 aliphatic rings. The minimum Gasteiger partial charge on any atom is -0.497 e. The molecule has 1 aromatic rings. The quantitative estimate of drug-likeness (QED) is 0.819. The number of anilines is 1. The summed E-state index contributed by atoms with van der Waals surface area (Å²) < 4.78 is 10.7. The number of piperidine rings is 1. The van der Waals surface area contributed by atoms with E-state index in [2.05, 4.69) is 15.5 Å². The zero-order chi connectivity index (χ0) is 17.6.